The van der Waals surface area contributed by atoms with E-state index in [4.69, 9.17) is 33.0 Å². The number of hydrogen-bond donors (Lipinski definition) is 1. The largest absolute Gasteiger partial charge is 0.493 e. The Morgan fingerprint density at radius 2 is 1.81 bits per heavy atom. The van der Waals surface area contributed by atoms with E-state index in [-0.39, 0.29) is 5.56 Å². The summed E-state index contributed by atoms with van der Waals surface area (Å²) in [6.07, 6.45) is 0. The second kappa shape index (κ2) is 7.59. The number of rotatable bonds is 6. The molecule has 21 heavy (non-hydrogen) atoms. The van der Waals surface area contributed by atoms with Crippen LogP contribution in [-0.2, 0) is 0 Å². The minimum absolute atomic E-state index is 0.243. The van der Waals surface area contributed by atoms with E-state index in [1.807, 2.05) is 12.1 Å². The molecule has 0 unspecified atom stereocenters. The van der Waals surface area contributed by atoms with Gasteiger partial charge >= 0.3 is 5.97 Å². The second-order valence-corrected chi connectivity index (χ2v) is 6.09. The van der Waals surface area contributed by atoms with Gasteiger partial charge in [0.25, 0.3) is 0 Å². The molecule has 0 aliphatic heterocycles. The van der Waals surface area contributed by atoms with Crippen LogP contribution in [0.3, 0.4) is 0 Å². The molecule has 0 spiro atoms. The Kier molecular flexibility index (Phi) is 5.79. The van der Waals surface area contributed by atoms with Crippen molar-refractivity contribution < 1.29 is 14.6 Å². The van der Waals surface area contributed by atoms with Gasteiger partial charge in [-0.15, -0.1) is 11.8 Å². The van der Waals surface area contributed by atoms with E-state index in [9.17, 15) is 4.79 Å². The molecule has 3 nitrogen and oxygen atoms in total. The first-order valence-electron chi connectivity index (χ1n) is 6.10. The lowest BCUT2D eigenvalue weighted by Gasteiger charge is -2.07. The van der Waals surface area contributed by atoms with E-state index in [0.717, 1.165) is 10.6 Å². The molecule has 0 aromatic heterocycles. The molecule has 0 bridgehead atoms. The number of ether oxygens (including phenoxy) is 1. The molecule has 0 saturated carbocycles. The molecule has 0 saturated heterocycles. The van der Waals surface area contributed by atoms with Crippen molar-refractivity contribution in [2.45, 2.75) is 4.90 Å². The summed E-state index contributed by atoms with van der Waals surface area (Å²) in [6, 6.07) is 11.8. The van der Waals surface area contributed by atoms with Gasteiger partial charge in [0.05, 0.1) is 22.2 Å². The molecular formula is C15H12Cl2O3S. The maximum Gasteiger partial charge on any atom is 0.335 e. The number of thioether (sulfide) groups is 1. The Morgan fingerprint density at radius 3 is 2.43 bits per heavy atom. The predicted octanol–water partition coefficient (Wildman–Crippen LogP) is 4.86. The number of halogens is 2. The van der Waals surface area contributed by atoms with Gasteiger partial charge in [-0.1, -0.05) is 23.2 Å². The van der Waals surface area contributed by atoms with E-state index in [2.05, 4.69) is 0 Å². The summed E-state index contributed by atoms with van der Waals surface area (Å²) in [5.74, 6) is 0.449. The average Bonchev–Trinajstić information content (AvgIpc) is 2.47. The Labute approximate surface area is 136 Å². The Morgan fingerprint density at radius 1 is 1.10 bits per heavy atom. The summed E-state index contributed by atoms with van der Waals surface area (Å²) in [5.41, 5.74) is 0.243. The van der Waals surface area contributed by atoms with Crippen molar-refractivity contribution in [2.75, 3.05) is 12.4 Å². The molecule has 2 rings (SSSR count). The summed E-state index contributed by atoms with van der Waals surface area (Å²) in [7, 11) is 0. The molecule has 110 valence electrons. The first kappa shape index (κ1) is 16.0. The molecule has 0 heterocycles. The molecule has 0 aliphatic rings. The van der Waals surface area contributed by atoms with Crippen molar-refractivity contribution in [2.24, 2.45) is 0 Å². The lowest BCUT2D eigenvalue weighted by molar-refractivity contribution is 0.0697. The van der Waals surface area contributed by atoms with Crippen LogP contribution in [0, 0.1) is 0 Å². The van der Waals surface area contributed by atoms with Gasteiger partial charge in [0.1, 0.15) is 5.75 Å². The number of carboxylic acids is 1. The fourth-order valence-electron chi connectivity index (χ4n) is 1.58. The van der Waals surface area contributed by atoms with Crippen LogP contribution in [0.25, 0.3) is 0 Å². The van der Waals surface area contributed by atoms with E-state index in [0.29, 0.717) is 22.4 Å². The lowest BCUT2D eigenvalue weighted by atomic mass is 10.2. The van der Waals surface area contributed by atoms with Crippen molar-refractivity contribution in [1.29, 1.82) is 0 Å². The van der Waals surface area contributed by atoms with Gasteiger partial charge in [0.15, 0.2) is 0 Å². The normalized spacial score (nSPS) is 10.4. The quantitative estimate of drug-likeness (QED) is 0.601. The predicted molar refractivity (Wildman–Crippen MR) is 86.1 cm³/mol. The molecule has 2 aromatic carbocycles. The molecule has 0 atom stereocenters. The number of carbonyl (C=O) groups is 1. The maximum atomic E-state index is 10.7. The Hall–Kier alpha value is -1.36. The molecule has 0 amide bonds. The number of hydrogen-bond acceptors (Lipinski definition) is 3. The van der Waals surface area contributed by atoms with Gasteiger partial charge in [-0.05, 0) is 42.5 Å². The molecular weight excluding hydrogens is 331 g/mol. The molecule has 0 fully saturated rings. The van der Waals surface area contributed by atoms with Crippen LogP contribution in [-0.4, -0.2) is 23.4 Å². The fourth-order valence-corrected chi connectivity index (χ4v) is 2.71. The zero-order valence-corrected chi connectivity index (χ0v) is 13.2. The van der Waals surface area contributed by atoms with Crippen molar-refractivity contribution in [3.63, 3.8) is 0 Å². The highest BCUT2D eigenvalue weighted by Gasteiger charge is 2.03. The minimum atomic E-state index is -0.947. The summed E-state index contributed by atoms with van der Waals surface area (Å²) >= 11 is 13.4. The molecule has 2 aromatic rings. The molecule has 1 N–H and O–H groups in total. The maximum absolute atomic E-state index is 10.7. The summed E-state index contributed by atoms with van der Waals surface area (Å²) in [4.78, 5) is 11.7. The smallest absolute Gasteiger partial charge is 0.335 e. The second-order valence-electron chi connectivity index (χ2n) is 4.10. The SMILES string of the molecule is O=C(O)c1ccc(OCCSc2ccc(Cl)c(Cl)c2)cc1. The molecule has 0 aliphatic carbocycles. The van der Waals surface area contributed by atoms with Crippen molar-refractivity contribution in [3.05, 3.63) is 58.1 Å². The van der Waals surface area contributed by atoms with Crippen LogP contribution < -0.4 is 4.74 Å². The Balaban J connectivity index is 1.79. The van der Waals surface area contributed by atoms with Crippen LogP contribution in [0.4, 0.5) is 0 Å². The van der Waals surface area contributed by atoms with Crippen LogP contribution in [0.15, 0.2) is 47.4 Å². The van der Waals surface area contributed by atoms with E-state index < -0.39 is 5.97 Å². The van der Waals surface area contributed by atoms with E-state index >= 15 is 0 Å². The van der Waals surface area contributed by atoms with Gasteiger partial charge in [-0.25, -0.2) is 4.79 Å². The van der Waals surface area contributed by atoms with Gasteiger partial charge < -0.3 is 9.84 Å². The fraction of sp³-hybridized carbons (Fsp3) is 0.133. The third-order valence-electron chi connectivity index (χ3n) is 2.61. The van der Waals surface area contributed by atoms with Crippen LogP contribution in [0.1, 0.15) is 10.4 Å². The van der Waals surface area contributed by atoms with Crippen LogP contribution in [0.5, 0.6) is 5.75 Å². The summed E-state index contributed by atoms with van der Waals surface area (Å²) in [6.45, 7) is 0.511. The van der Waals surface area contributed by atoms with Gasteiger partial charge in [0.2, 0.25) is 0 Å². The van der Waals surface area contributed by atoms with Gasteiger partial charge in [0, 0.05) is 10.6 Å². The Bertz CT molecular complexity index is 629. The van der Waals surface area contributed by atoms with Crippen molar-refractivity contribution in [3.8, 4) is 5.75 Å². The third kappa shape index (κ3) is 4.84. The van der Waals surface area contributed by atoms with Gasteiger partial charge in [-0.3, -0.25) is 0 Å². The highest BCUT2D eigenvalue weighted by Crippen LogP contribution is 2.27. The molecule has 6 heteroatoms. The number of benzene rings is 2. The van der Waals surface area contributed by atoms with Crippen LogP contribution >= 0.6 is 35.0 Å². The first-order valence-corrected chi connectivity index (χ1v) is 7.84. The zero-order chi connectivity index (χ0) is 15.2. The monoisotopic (exact) mass is 342 g/mol. The van der Waals surface area contributed by atoms with Crippen molar-refractivity contribution >= 4 is 40.9 Å². The average molecular weight is 343 g/mol. The van der Waals surface area contributed by atoms with Crippen LogP contribution in [0.2, 0.25) is 10.0 Å². The lowest BCUT2D eigenvalue weighted by Crippen LogP contribution is -2.01. The minimum Gasteiger partial charge on any atom is -0.493 e. The van der Waals surface area contributed by atoms with E-state index in [1.54, 1.807) is 30.0 Å². The summed E-state index contributed by atoms with van der Waals surface area (Å²) in [5, 5.41) is 9.87. The van der Waals surface area contributed by atoms with Gasteiger partial charge in [-0.2, -0.15) is 0 Å². The standard InChI is InChI=1S/C15H12Cl2O3S/c16-13-6-5-12(9-14(13)17)21-8-7-20-11-3-1-10(2-4-11)15(18)19/h1-6,9H,7-8H2,(H,18,19). The third-order valence-corrected chi connectivity index (χ3v) is 4.31. The highest BCUT2D eigenvalue weighted by atomic mass is 35.5. The van der Waals surface area contributed by atoms with Crippen molar-refractivity contribution in [1.82, 2.24) is 0 Å². The summed E-state index contributed by atoms with van der Waals surface area (Å²) < 4.78 is 5.54. The topological polar surface area (TPSA) is 46.5 Å². The number of aromatic carboxylic acids is 1. The highest BCUT2D eigenvalue weighted by molar-refractivity contribution is 7.99. The first-order chi connectivity index (χ1) is 10.1. The zero-order valence-electron chi connectivity index (χ0n) is 10.9. The van der Waals surface area contributed by atoms with E-state index in [1.165, 1.54) is 12.1 Å². The molecule has 0 radical (unpaired) electrons. The number of carboxylic acid groups (broad SMARTS) is 1.